The highest BCUT2D eigenvalue weighted by Crippen LogP contribution is 2.20. The number of nitrogens with one attached hydrogen (secondary N) is 2. The first-order valence-electron chi connectivity index (χ1n) is 5.66. The number of halogens is 1. The van der Waals surface area contributed by atoms with Gasteiger partial charge in [0.2, 0.25) is 5.91 Å². The molecule has 0 aliphatic carbocycles. The fourth-order valence-electron chi connectivity index (χ4n) is 1.32. The van der Waals surface area contributed by atoms with Gasteiger partial charge in [0.1, 0.15) is 0 Å². The van der Waals surface area contributed by atoms with Crippen LogP contribution in [0.2, 0.25) is 5.02 Å². The predicted octanol–water partition coefficient (Wildman–Crippen LogP) is 1.38. The van der Waals surface area contributed by atoms with E-state index in [1.165, 1.54) is 6.07 Å². The minimum absolute atomic E-state index is 0.101. The van der Waals surface area contributed by atoms with Crippen molar-refractivity contribution in [1.82, 2.24) is 5.32 Å². The number of carbonyl (C=O) groups is 2. The van der Waals surface area contributed by atoms with Crippen LogP contribution < -0.4 is 16.4 Å². The normalized spacial score (nSPS) is 9.94. The van der Waals surface area contributed by atoms with Crippen LogP contribution in [0, 0.1) is 0 Å². The van der Waals surface area contributed by atoms with Gasteiger partial charge in [-0.15, -0.1) is 0 Å². The van der Waals surface area contributed by atoms with E-state index in [2.05, 4.69) is 10.6 Å². The smallest absolute Gasteiger partial charge is 0.252 e. The van der Waals surface area contributed by atoms with E-state index in [-0.39, 0.29) is 18.4 Å². The molecule has 6 heteroatoms. The number of amides is 2. The van der Waals surface area contributed by atoms with Crippen LogP contribution in [0.15, 0.2) is 18.2 Å². The maximum absolute atomic E-state index is 11.7. The lowest BCUT2D eigenvalue weighted by Crippen LogP contribution is -2.24. The number of carbonyl (C=O) groups excluding carboxylic acids is 2. The van der Waals surface area contributed by atoms with Crippen molar-refractivity contribution in [1.29, 1.82) is 0 Å². The zero-order valence-corrected chi connectivity index (χ0v) is 10.9. The SMILES string of the molecule is CCCNC(=O)c1ccc(NC(=O)CN)cc1Cl. The Hall–Kier alpha value is -1.59. The van der Waals surface area contributed by atoms with E-state index < -0.39 is 0 Å². The lowest BCUT2D eigenvalue weighted by atomic mass is 10.2. The molecule has 0 heterocycles. The van der Waals surface area contributed by atoms with Crippen LogP contribution in [-0.2, 0) is 4.79 Å². The summed E-state index contributed by atoms with van der Waals surface area (Å²) in [4.78, 5) is 22.8. The van der Waals surface area contributed by atoms with Crippen molar-refractivity contribution in [3.63, 3.8) is 0 Å². The van der Waals surface area contributed by atoms with E-state index in [1.54, 1.807) is 12.1 Å². The van der Waals surface area contributed by atoms with Crippen molar-refractivity contribution < 1.29 is 9.59 Å². The standard InChI is InChI=1S/C12H16ClN3O2/c1-2-5-15-12(18)9-4-3-8(6-10(9)13)16-11(17)7-14/h3-4,6H,2,5,7,14H2,1H3,(H,15,18)(H,16,17). The summed E-state index contributed by atoms with van der Waals surface area (Å²) in [5, 5.41) is 5.58. The third-order valence-electron chi connectivity index (χ3n) is 2.22. The van der Waals surface area contributed by atoms with Crippen LogP contribution >= 0.6 is 11.6 Å². The van der Waals surface area contributed by atoms with Crippen LogP contribution in [0.25, 0.3) is 0 Å². The number of nitrogens with two attached hydrogens (primary N) is 1. The Labute approximate surface area is 111 Å². The molecule has 0 aromatic heterocycles. The lowest BCUT2D eigenvalue weighted by Gasteiger charge is -2.08. The fraction of sp³-hybridized carbons (Fsp3) is 0.333. The van der Waals surface area contributed by atoms with Gasteiger partial charge in [0, 0.05) is 12.2 Å². The summed E-state index contributed by atoms with van der Waals surface area (Å²) in [7, 11) is 0. The van der Waals surface area contributed by atoms with Crippen LogP contribution in [0.5, 0.6) is 0 Å². The van der Waals surface area contributed by atoms with Crippen molar-refractivity contribution in [2.75, 3.05) is 18.4 Å². The molecule has 1 rings (SSSR count). The Balaban J connectivity index is 2.79. The monoisotopic (exact) mass is 269 g/mol. The summed E-state index contributed by atoms with van der Waals surface area (Å²) < 4.78 is 0. The second-order valence-corrected chi connectivity index (χ2v) is 4.11. The maximum Gasteiger partial charge on any atom is 0.252 e. The first-order chi connectivity index (χ1) is 8.58. The van der Waals surface area contributed by atoms with Crippen molar-refractivity contribution in [3.8, 4) is 0 Å². The number of anilines is 1. The summed E-state index contributed by atoms with van der Waals surface area (Å²) in [6.45, 7) is 2.46. The average molecular weight is 270 g/mol. The van der Waals surface area contributed by atoms with Gasteiger partial charge in [-0.1, -0.05) is 18.5 Å². The van der Waals surface area contributed by atoms with E-state index in [9.17, 15) is 9.59 Å². The molecule has 1 aromatic rings. The molecule has 0 aliphatic rings. The van der Waals surface area contributed by atoms with Gasteiger partial charge >= 0.3 is 0 Å². The Morgan fingerprint density at radius 1 is 1.39 bits per heavy atom. The minimum Gasteiger partial charge on any atom is -0.352 e. The van der Waals surface area contributed by atoms with Crippen molar-refractivity contribution in [3.05, 3.63) is 28.8 Å². The van der Waals surface area contributed by atoms with Crippen LogP contribution in [0.1, 0.15) is 23.7 Å². The van der Waals surface area contributed by atoms with Gasteiger partial charge in [-0.2, -0.15) is 0 Å². The third-order valence-corrected chi connectivity index (χ3v) is 2.53. The van der Waals surface area contributed by atoms with E-state index in [0.717, 1.165) is 6.42 Å². The summed E-state index contributed by atoms with van der Waals surface area (Å²) in [6.07, 6.45) is 0.855. The molecule has 2 amide bonds. The molecule has 0 atom stereocenters. The summed E-state index contributed by atoms with van der Waals surface area (Å²) in [5.41, 5.74) is 6.08. The average Bonchev–Trinajstić information content (AvgIpc) is 2.36. The molecule has 18 heavy (non-hydrogen) atoms. The van der Waals surface area contributed by atoms with E-state index >= 15 is 0 Å². The third kappa shape index (κ3) is 4.01. The highest BCUT2D eigenvalue weighted by Gasteiger charge is 2.10. The number of hydrogen-bond acceptors (Lipinski definition) is 3. The zero-order chi connectivity index (χ0) is 13.5. The first-order valence-corrected chi connectivity index (χ1v) is 6.04. The number of rotatable bonds is 5. The molecule has 0 bridgehead atoms. The molecule has 0 aliphatic heterocycles. The van der Waals surface area contributed by atoms with Gasteiger partial charge in [-0.3, -0.25) is 9.59 Å². The molecule has 0 saturated heterocycles. The summed E-state index contributed by atoms with van der Waals surface area (Å²) in [5.74, 6) is -0.534. The topological polar surface area (TPSA) is 84.2 Å². The summed E-state index contributed by atoms with van der Waals surface area (Å²) in [6, 6.07) is 4.70. The van der Waals surface area contributed by atoms with Gasteiger partial charge in [0.25, 0.3) is 5.91 Å². The molecule has 0 radical (unpaired) electrons. The van der Waals surface area contributed by atoms with Crippen LogP contribution in [-0.4, -0.2) is 24.9 Å². The van der Waals surface area contributed by atoms with Gasteiger partial charge < -0.3 is 16.4 Å². The van der Waals surface area contributed by atoms with Crippen molar-refractivity contribution in [2.24, 2.45) is 5.73 Å². The molecule has 0 saturated carbocycles. The Morgan fingerprint density at radius 2 is 2.11 bits per heavy atom. The van der Waals surface area contributed by atoms with E-state index in [0.29, 0.717) is 22.8 Å². The Morgan fingerprint density at radius 3 is 2.67 bits per heavy atom. The number of benzene rings is 1. The van der Waals surface area contributed by atoms with Crippen molar-refractivity contribution >= 4 is 29.1 Å². The van der Waals surface area contributed by atoms with Gasteiger partial charge in [0.15, 0.2) is 0 Å². The van der Waals surface area contributed by atoms with Gasteiger partial charge in [-0.05, 0) is 24.6 Å². The molecule has 0 spiro atoms. The second kappa shape index (κ2) is 6.98. The predicted molar refractivity (Wildman–Crippen MR) is 71.8 cm³/mol. The lowest BCUT2D eigenvalue weighted by molar-refractivity contribution is -0.114. The highest BCUT2D eigenvalue weighted by molar-refractivity contribution is 6.34. The quantitative estimate of drug-likeness (QED) is 0.755. The molecule has 98 valence electrons. The van der Waals surface area contributed by atoms with Gasteiger partial charge in [-0.25, -0.2) is 0 Å². The molecular weight excluding hydrogens is 254 g/mol. The van der Waals surface area contributed by atoms with E-state index in [1.807, 2.05) is 6.92 Å². The van der Waals surface area contributed by atoms with Crippen LogP contribution in [0.4, 0.5) is 5.69 Å². The maximum atomic E-state index is 11.7. The zero-order valence-electron chi connectivity index (χ0n) is 10.1. The molecular formula is C12H16ClN3O2. The molecule has 0 fully saturated rings. The van der Waals surface area contributed by atoms with Gasteiger partial charge in [0.05, 0.1) is 17.1 Å². The highest BCUT2D eigenvalue weighted by atomic mass is 35.5. The fourth-order valence-corrected chi connectivity index (χ4v) is 1.59. The minimum atomic E-state index is -0.311. The first kappa shape index (κ1) is 14.5. The molecule has 0 unspecified atom stereocenters. The molecule has 4 N–H and O–H groups in total. The molecule has 1 aromatic carbocycles. The molecule has 5 nitrogen and oxygen atoms in total. The number of hydrogen-bond donors (Lipinski definition) is 3. The van der Waals surface area contributed by atoms with Crippen molar-refractivity contribution in [2.45, 2.75) is 13.3 Å². The summed E-state index contributed by atoms with van der Waals surface area (Å²) >= 11 is 5.99. The van der Waals surface area contributed by atoms with E-state index in [4.69, 9.17) is 17.3 Å². The Kier molecular flexibility index (Phi) is 5.61. The Bertz CT molecular complexity index is 449. The largest absolute Gasteiger partial charge is 0.352 e. The second-order valence-electron chi connectivity index (χ2n) is 3.70. The van der Waals surface area contributed by atoms with Crippen LogP contribution in [0.3, 0.4) is 0 Å².